The van der Waals surface area contributed by atoms with Gasteiger partial charge in [-0.3, -0.25) is 19.2 Å². The molecule has 1 rings (SSSR count). The van der Waals surface area contributed by atoms with Crippen LogP contribution in [0.2, 0.25) is 0 Å². The molecule has 0 aromatic heterocycles. The highest BCUT2D eigenvalue weighted by molar-refractivity contribution is 5.93. The van der Waals surface area contributed by atoms with Crippen molar-refractivity contribution >= 4 is 23.7 Å². The number of carboxylic acid groups (broad SMARTS) is 1. The van der Waals surface area contributed by atoms with E-state index in [2.05, 4.69) is 16.0 Å². The molecular formula is C17H24N4O7. The fourth-order valence-electron chi connectivity index (χ4n) is 2.26. The van der Waals surface area contributed by atoms with Crippen molar-refractivity contribution in [3.63, 3.8) is 0 Å². The topological polar surface area (TPSA) is 191 Å². The lowest BCUT2D eigenvalue weighted by atomic mass is 10.0. The monoisotopic (exact) mass is 396 g/mol. The third-order valence-electron chi connectivity index (χ3n) is 3.69. The molecule has 0 bridgehead atoms. The van der Waals surface area contributed by atoms with Gasteiger partial charge in [-0.1, -0.05) is 12.1 Å². The summed E-state index contributed by atoms with van der Waals surface area (Å²) < 4.78 is 0. The highest BCUT2D eigenvalue weighted by Crippen LogP contribution is 2.11. The zero-order chi connectivity index (χ0) is 21.3. The van der Waals surface area contributed by atoms with Crippen LogP contribution in [0.4, 0.5) is 0 Å². The maximum atomic E-state index is 12.5. The molecule has 0 heterocycles. The number of phenolic OH excluding ortho intramolecular Hbond substituents is 1. The summed E-state index contributed by atoms with van der Waals surface area (Å²) in [6.07, 6.45) is -1.29. The van der Waals surface area contributed by atoms with Crippen LogP contribution >= 0.6 is 0 Å². The number of hydrogen-bond acceptors (Lipinski definition) is 7. The summed E-state index contributed by atoms with van der Waals surface area (Å²) in [4.78, 5) is 46.9. The summed E-state index contributed by atoms with van der Waals surface area (Å²) in [7, 11) is 0. The van der Waals surface area contributed by atoms with Crippen molar-refractivity contribution in [3.05, 3.63) is 29.8 Å². The van der Waals surface area contributed by atoms with E-state index in [0.29, 0.717) is 5.56 Å². The number of aromatic hydroxyl groups is 1. The SMILES string of the molecule is CC(O)C(NC(=O)CN)C(=O)NC(Cc1ccc(O)cc1)C(=O)NCC(=O)O. The molecule has 1 aromatic rings. The van der Waals surface area contributed by atoms with Gasteiger partial charge in [-0.15, -0.1) is 0 Å². The van der Waals surface area contributed by atoms with Crippen molar-refractivity contribution in [1.82, 2.24) is 16.0 Å². The van der Waals surface area contributed by atoms with Gasteiger partial charge in [-0.25, -0.2) is 0 Å². The molecule has 11 nitrogen and oxygen atoms in total. The van der Waals surface area contributed by atoms with Gasteiger partial charge in [0.1, 0.15) is 24.4 Å². The zero-order valence-corrected chi connectivity index (χ0v) is 15.2. The normalized spacial score (nSPS) is 13.7. The van der Waals surface area contributed by atoms with Gasteiger partial charge in [0.25, 0.3) is 0 Å². The van der Waals surface area contributed by atoms with E-state index in [0.717, 1.165) is 0 Å². The number of carboxylic acids is 1. The second kappa shape index (κ2) is 10.8. The first kappa shape index (κ1) is 22.9. The minimum Gasteiger partial charge on any atom is -0.508 e. The van der Waals surface area contributed by atoms with E-state index in [9.17, 15) is 29.4 Å². The number of aliphatic carboxylic acids is 1. The minimum absolute atomic E-state index is 0.0123. The van der Waals surface area contributed by atoms with Crippen LogP contribution in [-0.2, 0) is 25.6 Å². The smallest absolute Gasteiger partial charge is 0.322 e. The Hall–Kier alpha value is -3.18. The zero-order valence-electron chi connectivity index (χ0n) is 15.2. The maximum Gasteiger partial charge on any atom is 0.322 e. The average molecular weight is 396 g/mol. The third kappa shape index (κ3) is 7.60. The molecule has 3 atom stereocenters. The molecule has 0 spiro atoms. The summed E-state index contributed by atoms with van der Waals surface area (Å²) in [5.74, 6) is -3.53. The molecule has 0 radical (unpaired) electrons. The molecule has 3 amide bonds. The Morgan fingerprint density at radius 1 is 1.07 bits per heavy atom. The largest absolute Gasteiger partial charge is 0.508 e. The van der Waals surface area contributed by atoms with Gasteiger partial charge in [0.05, 0.1) is 12.6 Å². The maximum absolute atomic E-state index is 12.5. The molecule has 3 unspecified atom stereocenters. The van der Waals surface area contributed by atoms with E-state index in [1.54, 1.807) is 0 Å². The Balaban J connectivity index is 2.96. The summed E-state index contributed by atoms with van der Waals surface area (Å²) in [5.41, 5.74) is 5.76. The number of carbonyl (C=O) groups excluding carboxylic acids is 3. The van der Waals surface area contributed by atoms with Gasteiger partial charge in [0.2, 0.25) is 17.7 Å². The molecular weight excluding hydrogens is 372 g/mol. The first-order valence-corrected chi connectivity index (χ1v) is 8.39. The van der Waals surface area contributed by atoms with Crippen LogP contribution in [0.25, 0.3) is 0 Å². The average Bonchev–Trinajstić information content (AvgIpc) is 2.64. The van der Waals surface area contributed by atoms with Crippen molar-refractivity contribution in [1.29, 1.82) is 0 Å². The number of aliphatic hydroxyl groups excluding tert-OH is 1. The summed E-state index contributed by atoms with van der Waals surface area (Å²) in [6.45, 7) is 0.234. The van der Waals surface area contributed by atoms with Gasteiger partial charge < -0.3 is 37.0 Å². The second-order valence-corrected chi connectivity index (χ2v) is 6.03. The lowest BCUT2D eigenvalue weighted by Crippen LogP contribution is -2.58. The first-order chi connectivity index (χ1) is 13.1. The Kier molecular flexibility index (Phi) is 8.85. The second-order valence-electron chi connectivity index (χ2n) is 6.03. The van der Waals surface area contributed by atoms with E-state index in [-0.39, 0.29) is 12.2 Å². The lowest BCUT2D eigenvalue weighted by Gasteiger charge is -2.24. The van der Waals surface area contributed by atoms with Crippen LogP contribution in [0.3, 0.4) is 0 Å². The standard InChI is InChI=1S/C17H24N4O7/c1-9(22)15(21-13(24)7-18)17(28)20-12(16(27)19-8-14(25)26)6-10-2-4-11(23)5-3-10/h2-5,9,12,15,22-23H,6-8,18H2,1H3,(H,19,27)(H,20,28)(H,21,24)(H,25,26). The van der Waals surface area contributed by atoms with E-state index in [1.165, 1.54) is 31.2 Å². The number of benzene rings is 1. The van der Waals surface area contributed by atoms with E-state index in [1.807, 2.05) is 0 Å². The van der Waals surface area contributed by atoms with Gasteiger partial charge in [0, 0.05) is 6.42 Å². The van der Waals surface area contributed by atoms with Crippen molar-refractivity contribution < 1.29 is 34.5 Å². The van der Waals surface area contributed by atoms with E-state index < -0.39 is 55.0 Å². The van der Waals surface area contributed by atoms with Gasteiger partial charge in [0.15, 0.2) is 0 Å². The molecule has 0 saturated heterocycles. The Morgan fingerprint density at radius 2 is 1.68 bits per heavy atom. The molecule has 0 saturated carbocycles. The van der Waals surface area contributed by atoms with Crippen LogP contribution < -0.4 is 21.7 Å². The van der Waals surface area contributed by atoms with Crippen LogP contribution in [-0.4, -0.2) is 70.3 Å². The number of phenols is 1. The fourth-order valence-corrected chi connectivity index (χ4v) is 2.26. The predicted octanol–water partition coefficient (Wildman–Crippen LogP) is -2.56. The lowest BCUT2D eigenvalue weighted by molar-refractivity contribution is -0.138. The first-order valence-electron chi connectivity index (χ1n) is 8.39. The molecule has 0 aliphatic carbocycles. The van der Waals surface area contributed by atoms with Gasteiger partial charge in [-0.2, -0.15) is 0 Å². The van der Waals surface area contributed by atoms with Crippen LogP contribution in [0.5, 0.6) is 5.75 Å². The van der Waals surface area contributed by atoms with Crippen molar-refractivity contribution in [2.24, 2.45) is 5.73 Å². The highest BCUT2D eigenvalue weighted by atomic mass is 16.4. The summed E-state index contributed by atoms with van der Waals surface area (Å²) in [5, 5.41) is 34.6. The minimum atomic E-state index is -1.36. The number of rotatable bonds is 10. The quantitative estimate of drug-likeness (QED) is 0.225. The molecule has 1 aromatic carbocycles. The molecule has 28 heavy (non-hydrogen) atoms. The number of hydrogen-bond donors (Lipinski definition) is 7. The number of nitrogens with two attached hydrogens (primary N) is 1. The molecule has 154 valence electrons. The molecule has 11 heteroatoms. The number of aliphatic hydroxyl groups is 1. The molecule has 0 aliphatic rings. The van der Waals surface area contributed by atoms with Crippen LogP contribution in [0.15, 0.2) is 24.3 Å². The van der Waals surface area contributed by atoms with Crippen LogP contribution in [0, 0.1) is 0 Å². The predicted molar refractivity (Wildman–Crippen MR) is 97.1 cm³/mol. The number of carbonyl (C=O) groups is 4. The van der Waals surface area contributed by atoms with Crippen molar-refractivity contribution in [3.8, 4) is 5.75 Å². The fraction of sp³-hybridized carbons (Fsp3) is 0.412. The van der Waals surface area contributed by atoms with E-state index >= 15 is 0 Å². The molecule has 0 aliphatic heterocycles. The van der Waals surface area contributed by atoms with Crippen LogP contribution in [0.1, 0.15) is 12.5 Å². The summed E-state index contributed by atoms with van der Waals surface area (Å²) in [6, 6.07) is 3.30. The Morgan fingerprint density at radius 3 is 2.18 bits per heavy atom. The van der Waals surface area contributed by atoms with Crippen molar-refractivity contribution in [2.75, 3.05) is 13.1 Å². The van der Waals surface area contributed by atoms with Gasteiger partial charge in [-0.05, 0) is 24.6 Å². The molecule has 0 fully saturated rings. The van der Waals surface area contributed by atoms with Crippen molar-refractivity contribution in [2.45, 2.75) is 31.5 Å². The Labute approximate surface area is 160 Å². The van der Waals surface area contributed by atoms with E-state index in [4.69, 9.17) is 10.8 Å². The van der Waals surface area contributed by atoms with Gasteiger partial charge >= 0.3 is 5.97 Å². The number of amides is 3. The number of nitrogens with one attached hydrogen (secondary N) is 3. The highest BCUT2D eigenvalue weighted by Gasteiger charge is 2.29. The summed E-state index contributed by atoms with van der Waals surface area (Å²) >= 11 is 0. The third-order valence-corrected chi connectivity index (χ3v) is 3.69. The Bertz CT molecular complexity index is 706. The molecule has 8 N–H and O–H groups in total.